The number of carbonyl (C=O) groups is 3. The summed E-state index contributed by atoms with van der Waals surface area (Å²) in [5.74, 6) is -2.73. The fourth-order valence-electron chi connectivity index (χ4n) is 2.99. The van der Waals surface area contributed by atoms with Gasteiger partial charge in [0, 0.05) is 25.0 Å². The van der Waals surface area contributed by atoms with Crippen LogP contribution in [0.5, 0.6) is 0 Å². The normalized spacial score (nSPS) is 10.2. The van der Waals surface area contributed by atoms with Crippen molar-refractivity contribution >= 4 is 23.3 Å². The van der Waals surface area contributed by atoms with Gasteiger partial charge in [0.25, 0.3) is 17.6 Å². The monoisotopic (exact) mass is 396 g/mol. The zero-order chi connectivity index (χ0) is 21.7. The number of ketones is 1. The fraction of sp³-hybridized carbons (Fsp3) is 0.238. The molecule has 0 aliphatic rings. The van der Waals surface area contributed by atoms with E-state index in [0.717, 1.165) is 6.07 Å². The molecule has 2 aromatic rings. The number of anilines is 1. The van der Waals surface area contributed by atoms with Gasteiger partial charge in [0.15, 0.2) is 0 Å². The van der Waals surface area contributed by atoms with E-state index in [1.165, 1.54) is 16.7 Å². The average molecular weight is 396 g/mol. The molecule has 1 heterocycles. The molecule has 29 heavy (non-hydrogen) atoms. The second-order valence-electron chi connectivity index (χ2n) is 6.42. The van der Waals surface area contributed by atoms with Crippen LogP contribution in [0, 0.1) is 31.0 Å². The molecular formula is C21H21FN4O3. The first-order chi connectivity index (χ1) is 13.7. The van der Waals surface area contributed by atoms with E-state index in [1.807, 2.05) is 0 Å². The van der Waals surface area contributed by atoms with Crippen molar-refractivity contribution in [3.8, 4) is 6.07 Å². The molecule has 0 saturated carbocycles. The van der Waals surface area contributed by atoms with E-state index >= 15 is 0 Å². The summed E-state index contributed by atoms with van der Waals surface area (Å²) >= 11 is 0. The number of rotatable bonds is 7. The van der Waals surface area contributed by atoms with Crippen molar-refractivity contribution in [2.75, 3.05) is 11.9 Å². The van der Waals surface area contributed by atoms with Gasteiger partial charge in [0.2, 0.25) is 0 Å². The number of aromatic nitrogens is 1. The molecule has 0 fully saturated rings. The van der Waals surface area contributed by atoms with Crippen LogP contribution in [-0.2, 0) is 11.8 Å². The number of Topliss-reactive ketones (excluding diaryl/α,β-unsaturated/α-hetero) is 1. The van der Waals surface area contributed by atoms with Crippen molar-refractivity contribution in [2.24, 2.45) is 7.05 Å². The van der Waals surface area contributed by atoms with Crippen molar-refractivity contribution in [1.82, 2.24) is 9.88 Å². The Bertz CT molecular complexity index is 1050. The molecule has 1 aromatic heterocycles. The van der Waals surface area contributed by atoms with Gasteiger partial charge in [0.05, 0.1) is 16.8 Å². The molecule has 8 heteroatoms. The summed E-state index contributed by atoms with van der Waals surface area (Å²) in [5, 5.41) is 14.0. The Morgan fingerprint density at radius 3 is 2.62 bits per heavy atom. The highest BCUT2D eigenvalue weighted by Gasteiger charge is 2.28. The first-order valence-electron chi connectivity index (χ1n) is 8.83. The lowest BCUT2D eigenvalue weighted by molar-refractivity contribution is -0.117. The van der Waals surface area contributed by atoms with Gasteiger partial charge >= 0.3 is 0 Å². The van der Waals surface area contributed by atoms with Crippen molar-refractivity contribution in [1.29, 1.82) is 5.26 Å². The Morgan fingerprint density at radius 2 is 2.00 bits per heavy atom. The smallest absolute Gasteiger partial charge is 0.294 e. The van der Waals surface area contributed by atoms with E-state index in [2.05, 4.69) is 17.2 Å². The zero-order valence-electron chi connectivity index (χ0n) is 16.4. The second-order valence-corrected chi connectivity index (χ2v) is 6.42. The van der Waals surface area contributed by atoms with Gasteiger partial charge in [-0.1, -0.05) is 6.08 Å². The molecule has 2 rings (SSSR count). The summed E-state index contributed by atoms with van der Waals surface area (Å²) in [6.45, 7) is 7.07. The van der Waals surface area contributed by atoms with Crippen molar-refractivity contribution in [3.63, 3.8) is 0 Å². The minimum absolute atomic E-state index is 0.112. The highest BCUT2D eigenvalue weighted by Crippen LogP contribution is 2.23. The van der Waals surface area contributed by atoms with Crippen LogP contribution in [0.25, 0.3) is 0 Å². The summed E-state index contributed by atoms with van der Waals surface area (Å²) in [7, 11) is 1.59. The molecule has 1 aromatic carbocycles. The molecule has 0 unspecified atom stereocenters. The second kappa shape index (κ2) is 8.97. The number of nitrogens with zero attached hydrogens (tertiary/aromatic N) is 2. The molecular weight excluding hydrogens is 375 g/mol. The van der Waals surface area contributed by atoms with Crippen LogP contribution in [0.1, 0.15) is 44.1 Å². The lowest BCUT2D eigenvalue weighted by Crippen LogP contribution is -2.33. The van der Waals surface area contributed by atoms with Gasteiger partial charge in [-0.15, -0.1) is 6.58 Å². The Labute approximate surface area is 167 Å². The molecule has 0 aliphatic heterocycles. The molecule has 0 aliphatic carbocycles. The van der Waals surface area contributed by atoms with Crippen LogP contribution in [0.4, 0.5) is 10.1 Å². The maximum Gasteiger partial charge on any atom is 0.294 e. The largest absolute Gasteiger partial charge is 0.349 e. The molecule has 0 atom stereocenters. The third-order valence-corrected chi connectivity index (χ3v) is 4.56. The van der Waals surface area contributed by atoms with E-state index in [4.69, 9.17) is 5.26 Å². The average Bonchev–Trinajstić information content (AvgIpc) is 2.91. The van der Waals surface area contributed by atoms with Crippen LogP contribution in [0.2, 0.25) is 0 Å². The number of nitriles is 1. The van der Waals surface area contributed by atoms with Crippen LogP contribution in [-0.4, -0.2) is 28.7 Å². The van der Waals surface area contributed by atoms with E-state index in [9.17, 15) is 18.8 Å². The maximum absolute atomic E-state index is 13.5. The fourth-order valence-corrected chi connectivity index (χ4v) is 2.99. The number of amides is 2. The third-order valence-electron chi connectivity index (χ3n) is 4.56. The molecule has 7 nitrogen and oxygen atoms in total. The summed E-state index contributed by atoms with van der Waals surface area (Å²) in [6.07, 6.45) is 2.15. The minimum Gasteiger partial charge on any atom is -0.349 e. The third kappa shape index (κ3) is 4.41. The Balaban J connectivity index is 2.33. The van der Waals surface area contributed by atoms with E-state index < -0.39 is 23.4 Å². The van der Waals surface area contributed by atoms with E-state index in [1.54, 1.807) is 33.0 Å². The lowest BCUT2D eigenvalue weighted by atomic mass is 10.1. The molecule has 0 saturated heterocycles. The van der Waals surface area contributed by atoms with Gasteiger partial charge in [-0.25, -0.2) is 4.39 Å². The van der Waals surface area contributed by atoms with Crippen LogP contribution >= 0.6 is 0 Å². The van der Waals surface area contributed by atoms with Gasteiger partial charge in [-0.05, 0) is 44.0 Å². The summed E-state index contributed by atoms with van der Waals surface area (Å²) in [6, 6.07) is 5.35. The highest BCUT2D eigenvalue weighted by atomic mass is 19.1. The maximum atomic E-state index is 13.5. The van der Waals surface area contributed by atoms with Gasteiger partial charge < -0.3 is 15.2 Å². The van der Waals surface area contributed by atoms with Crippen molar-refractivity contribution in [2.45, 2.75) is 20.3 Å². The predicted molar refractivity (Wildman–Crippen MR) is 106 cm³/mol. The SMILES string of the molecule is C=CCCNC(=O)C(=O)c1c(C)c(C(=O)Nc2ccc(F)c(C#N)c2)c(C)n1C. The minimum atomic E-state index is -0.764. The Hall–Kier alpha value is -3.73. The van der Waals surface area contributed by atoms with Crippen molar-refractivity contribution in [3.05, 3.63) is 64.7 Å². The Morgan fingerprint density at radius 1 is 1.31 bits per heavy atom. The lowest BCUT2D eigenvalue weighted by Gasteiger charge is -2.07. The summed E-state index contributed by atoms with van der Waals surface area (Å²) in [5.41, 5.74) is 1.24. The first kappa shape index (κ1) is 21.6. The molecule has 0 bridgehead atoms. The molecule has 150 valence electrons. The number of benzene rings is 1. The van der Waals surface area contributed by atoms with Gasteiger partial charge in [0.1, 0.15) is 11.9 Å². The Kier molecular flexibility index (Phi) is 6.67. The molecule has 2 amide bonds. The zero-order valence-corrected chi connectivity index (χ0v) is 16.4. The molecule has 0 radical (unpaired) electrons. The van der Waals surface area contributed by atoms with Gasteiger partial charge in [-0.3, -0.25) is 14.4 Å². The molecule has 2 N–H and O–H groups in total. The number of nitrogens with one attached hydrogen (secondary N) is 2. The van der Waals surface area contributed by atoms with E-state index in [-0.39, 0.29) is 29.1 Å². The number of carbonyl (C=O) groups excluding carboxylic acids is 3. The summed E-state index contributed by atoms with van der Waals surface area (Å²) in [4.78, 5) is 37.5. The first-order valence-corrected chi connectivity index (χ1v) is 8.83. The van der Waals surface area contributed by atoms with Crippen molar-refractivity contribution < 1.29 is 18.8 Å². The van der Waals surface area contributed by atoms with Crippen LogP contribution < -0.4 is 10.6 Å². The van der Waals surface area contributed by atoms with Crippen LogP contribution in [0.3, 0.4) is 0 Å². The number of hydrogen-bond donors (Lipinski definition) is 2. The van der Waals surface area contributed by atoms with Gasteiger partial charge in [-0.2, -0.15) is 5.26 Å². The van der Waals surface area contributed by atoms with Crippen LogP contribution in [0.15, 0.2) is 30.9 Å². The van der Waals surface area contributed by atoms with E-state index in [0.29, 0.717) is 17.7 Å². The topological polar surface area (TPSA) is 104 Å². The number of halogens is 1. The summed E-state index contributed by atoms with van der Waals surface area (Å²) < 4.78 is 15.0. The molecule has 0 spiro atoms. The predicted octanol–water partition coefficient (Wildman–Crippen LogP) is 2.78. The quantitative estimate of drug-likeness (QED) is 0.325. The number of hydrogen-bond acceptors (Lipinski definition) is 4. The highest BCUT2D eigenvalue weighted by molar-refractivity contribution is 6.43. The standard InChI is InChI=1S/C21H21FN4O3/c1-5-6-9-24-21(29)19(27)18-12(2)17(13(3)26(18)4)20(28)25-15-7-8-16(22)14(10-15)11-23/h5,7-8,10H,1,6,9H2,2-4H3,(H,24,29)(H,25,28).